The first-order chi connectivity index (χ1) is 7.56. The SMILES string of the molecule is C=CCN(C)S(=O)(=O)CCC1CCCCN1. The summed E-state index contributed by atoms with van der Waals surface area (Å²) in [7, 11) is -1.50. The molecule has 1 N–H and O–H groups in total. The van der Waals surface area contributed by atoms with Gasteiger partial charge in [0, 0.05) is 19.6 Å². The summed E-state index contributed by atoms with van der Waals surface area (Å²) in [6.45, 7) is 4.96. The number of hydrogen-bond acceptors (Lipinski definition) is 3. The molecule has 0 aliphatic carbocycles. The van der Waals surface area contributed by atoms with Crippen LogP contribution in [-0.4, -0.2) is 44.7 Å². The molecule has 94 valence electrons. The highest BCUT2D eigenvalue weighted by molar-refractivity contribution is 7.89. The number of nitrogens with one attached hydrogen (secondary N) is 1. The molecule has 0 saturated carbocycles. The molecule has 5 heteroatoms. The van der Waals surface area contributed by atoms with Crippen LogP contribution in [0.4, 0.5) is 0 Å². The van der Waals surface area contributed by atoms with Gasteiger partial charge in [-0.05, 0) is 25.8 Å². The Morgan fingerprint density at radius 1 is 1.50 bits per heavy atom. The minimum absolute atomic E-state index is 0.231. The number of sulfonamides is 1. The van der Waals surface area contributed by atoms with Gasteiger partial charge in [-0.1, -0.05) is 12.5 Å². The van der Waals surface area contributed by atoms with E-state index in [2.05, 4.69) is 11.9 Å². The van der Waals surface area contributed by atoms with Crippen LogP contribution in [0.5, 0.6) is 0 Å². The second-order valence-electron chi connectivity index (χ2n) is 4.32. The van der Waals surface area contributed by atoms with Crippen molar-refractivity contribution < 1.29 is 8.42 Å². The first-order valence-corrected chi connectivity index (χ1v) is 7.45. The van der Waals surface area contributed by atoms with Crippen LogP contribution in [0.1, 0.15) is 25.7 Å². The minimum Gasteiger partial charge on any atom is -0.314 e. The van der Waals surface area contributed by atoms with Gasteiger partial charge in [-0.15, -0.1) is 6.58 Å². The van der Waals surface area contributed by atoms with Gasteiger partial charge in [0.1, 0.15) is 0 Å². The Balaban J connectivity index is 2.37. The Hall–Kier alpha value is -0.390. The minimum atomic E-state index is -3.10. The molecule has 16 heavy (non-hydrogen) atoms. The molecule has 4 nitrogen and oxygen atoms in total. The van der Waals surface area contributed by atoms with Gasteiger partial charge in [-0.25, -0.2) is 12.7 Å². The lowest BCUT2D eigenvalue weighted by atomic mass is 10.0. The fourth-order valence-corrected chi connectivity index (χ4v) is 3.14. The zero-order valence-electron chi connectivity index (χ0n) is 9.98. The summed E-state index contributed by atoms with van der Waals surface area (Å²) < 4.78 is 25.0. The molecule has 1 rings (SSSR count). The van der Waals surface area contributed by atoms with E-state index < -0.39 is 10.0 Å². The summed E-state index contributed by atoms with van der Waals surface area (Å²) in [5.74, 6) is 0.231. The maximum absolute atomic E-state index is 11.8. The molecule has 0 radical (unpaired) electrons. The van der Waals surface area contributed by atoms with Crippen LogP contribution in [0.2, 0.25) is 0 Å². The average Bonchev–Trinajstić information content (AvgIpc) is 2.28. The van der Waals surface area contributed by atoms with E-state index >= 15 is 0 Å². The van der Waals surface area contributed by atoms with Crippen molar-refractivity contribution in [2.24, 2.45) is 0 Å². The van der Waals surface area contributed by atoms with Crippen molar-refractivity contribution in [3.63, 3.8) is 0 Å². The number of hydrogen-bond donors (Lipinski definition) is 1. The van der Waals surface area contributed by atoms with Crippen LogP contribution in [0.15, 0.2) is 12.7 Å². The monoisotopic (exact) mass is 246 g/mol. The lowest BCUT2D eigenvalue weighted by molar-refractivity contribution is 0.390. The molecule has 1 heterocycles. The third-order valence-electron chi connectivity index (χ3n) is 3.00. The molecule has 1 fully saturated rings. The van der Waals surface area contributed by atoms with Crippen LogP contribution in [0.25, 0.3) is 0 Å². The van der Waals surface area contributed by atoms with Crippen molar-refractivity contribution in [1.82, 2.24) is 9.62 Å². The Morgan fingerprint density at radius 2 is 2.25 bits per heavy atom. The van der Waals surface area contributed by atoms with Gasteiger partial charge >= 0.3 is 0 Å². The normalized spacial score (nSPS) is 22.2. The lowest BCUT2D eigenvalue weighted by Gasteiger charge is -2.24. The molecule has 0 aromatic heterocycles. The van der Waals surface area contributed by atoms with Crippen molar-refractivity contribution in [2.45, 2.75) is 31.7 Å². The van der Waals surface area contributed by atoms with Gasteiger partial charge in [0.15, 0.2) is 0 Å². The van der Waals surface area contributed by atoms with Gasteiger partial charge < -0.3 is 5.32 Å². The highest BCUT2D eigenvalue weighted by Crippen LogP contribution is 2.12. The third kappa shape index (κ3) is 4.23. The standard InChI is InChI=1S/C11H22N2O2S/c1-3-9-13(2)16(14,15)10-7-11-6-4-5-8-12-11/h3,11-12H,1,4-10H2,2H3. The number of likely N-dealkylation sites (N-methyl/N-ethyl adjacent to an activating group) is 1. The first kappa shape index (κ1) is 13.7. The van der Waals surface area contributed by atoms with Gasteiger partial charge in [0.05, 0.1) is 5.75 Å². The Bertz CT molecular complexity index is 308. The van der Waals surface area contributed by atoms with E-state index in [0.717, 1.165) is 13.0 Å². The van der Waals surface area contributed by atoms with E-state index in [9.17, 15) is 8.42 Å². The zero-order chi connectivity index (χ0) is 12.0. The molecule has 0 aromatic carbocycles. The topological polar surface area (TPSA) is 49.4 Å². The highest BCUT2D eigenvalue weighted by atomic mass is 32.2. The average molecular weight is 246 g/mol. The van der Waals surface area contributed by atoms with Gasteiger partial charge in [0.25, 0.3) is 0 Å². The summed E-state index contributed by atoms with van der Waals surface area (Å²) in [5, 5.41) is 3.36. The summed E-state index contributed by atoms with van der Waals surface area (Å²) in [4.78, 5) is 0. The van der Waals surface area contributed by atoms with E-state index in [1.54, 1.807) is 13.1 Å². The first-order valence-electron chi connectivity index (χ1n) is 5.84. The predicted molar refractivity (Wildman–Crippen MR) is 66.9 cm³/mol. The highest BCUT2D eigenvalue weighted by Gasteiger charge is 2.20. The van der Waals surface area contributed by atoms with Crippen LogP contribution in [0, 0.1) is 0 Å². The van der Waals surface area contributed by atoms with Crippen molar-refractivity contribution in [3.05, 3.63) is 12.7 Å². The van der Waals surface area contributed by atoms with E-state index in [1.807, 2.05) is 0 Å². The molecule has 1 aliphatic heterocycles. The van der Waals surface area contributed by atoms with Crippen molar-refractivity contribution in [2.75, 3.05) is 25.9 Å². The van der Waals surface area contributed by atoms with E-state index in [1.165, 1.54) is 17.1 Å². The van der Waals surface area contributed by atoms with Gasteiger partial charge in [0.2, 0.25) is 10.0 Å². The fraction of sp³-hybridized carbons (Fsp3) is 0.818. The van der Waals surface area contributed by atoms with Crippen LogP contribution in [0.3, 0.4) is 0 Å². The molecule has 1 atom stereocenters. The van der Waals surface area contributed by atoms with Crippen molar-refractivity contribution in [3.8, 4) is 0 Å². The maximum Gasteiger partial charge on any atom is 0.214 e. The third-order valence-corrected chi connectivity index (χ3v) is 4.85. The van der Waals surface area contributed by atoms with E-state index in [-0.39, 0.29) is 5.75 Å². The van der Waals surface area contributed by atoms with Gasteiger partial charge in [-0.2, -0.15) is 0 Å². The Morgan fingerprint density at radius 3 is 2.81 bits per heavy atom. The zero-order valence-corrected chi connectivity index (χ0v) is 10.8. The molecule has 0 aromatic rings. The second kappa shape index (κ2) is 6.37. The molecule has 0 bridgehead atoms. The number of piperidine rings is 1. The molecular formula is C11H22N2O2S. The fourth-order valence-electron chi connectivity index (χ4n) is 1.91. The number of rotatable bonds is 6. The van der Waals surface area contributed by atoms with Crippen LogP contribution < -0.4 is 5.32 Å². The van der Waals surface area contributed by atoms with Crippen molar-refractivity contribution >= 4 is 10.0 Å². The second-order valence-corrected chi connectivity index (χ2v) is 6.52. The predicted octanol–water partition coefficient (Wildman–Crippen LogP) is 0.966. The lowest BCUT2D eigenvalue weighted by Crippen LogP contribution is -2.37. The maximum atomic E-state index is 11.8. The summed E-state index contributed by atoms with van der Waals surface area (Å²) >= 11 is 0. The molecule has 1 saturated heterocycles. The molecule has 1 aliphatic rings. The summed E-state index contributed by atoms with van der Waals surface area (Å²) in [5.41, 5.74) is 0. The smallest absolute Gasteiger partial charge is 0.214 e. The van der Waals surface area contributed by atoms with Crippen LogP contribution >= 0.6 is 0 Å². The van der Waals surface area contributed by atoms with Crippen LogP contribution in [-0.2, 0) is 10.0 Å². The summed E-state index contributed by atoms with van der Waals surface area (Å²) in [6.07, 6.45) is 5.83. The Labute approximate surface area is 98.8 Å². The molecule has 0 amide bonds. The summed E-state index contributed by atoms with van der Waals surface area (Å²) in [6, 6.07) is 0.376. The van der Waals surface area contributed by atoms with Gasteiger partial charge in [-0.3, -0.25) is 0 Å². The molecule has 1 unspecified atom stereocenters. The Kier molecular flexibility index (Phi) is 5.44. The number of nitrogens with zero attached hydrogens (tertiary/aromatic N) is 1. The molecule has 0 spiro atoms. The quantitative estimate of drug-likeness (QED) is 0.710. The largest absolute Gasteiger partial charge is 0.314 e. The molecular weight excluding hydrogens is 224 g/mol. The van der Waals surface area contributed by atoms with E-state index in [4.69, 9.17) is 0 Å². The van der Waals surface area contributed by atoms with Crippen molar-refractivity contribution in [1.29, 1.82) is 0 Å². The van der Waals surface area contributed by atoms with E-state index in [0.29, 0.717) is 19.0 Å².